The fraction of sp³-hybridized carbons (Fsp3) is 0.276. The number of fused-ring (bicyclic) bond motifs is 3. The molecule has 0 saturated carbocycles. The molecular weight excluding hydrogens is 450 g/mol. The molecule has 7 nitrogen and oxygen atoms in total. The summed E-state index contributed by atoms with van der Waals surface area (Å²) in [6, 6.07) is 12.0. The maximum Gasteiger partial charge on any atom is 0.243 e. The Morgan fingerprint density at radius 2 is 1.89 bits per heavy atom. The minimum atomic E-state index is -0.144. The minimum absolute atomic E-state index is 0.144. The first-order valence-electron chi connectivity index (χ1n) is 12.0. The number of carbonyl (C=O) groups excluding carboxylic acids is 1. The van der Waals surface area contributed by atoms with E-state index in [1.165, 1.54) is 11.6 Å². The third kappa shape index (κ3) is 6.50. The Hall–Kier alpha value is -4.13. The fourth-order valence-electron chi connectivity index (χ4n) is 3.87. The summed E-state index contributed by atoms with van der Waals surface area (Å²) in [7, 11) is 1.56. The molecule has 7 heteroatoms. The van der Waals surface area contributed by atoms with Crippen molar-refractivity contribution in [3.8, 4) is 5.75 Å². The van der Waals surface area contributed by atoms with Crippen molar-refractivity contribution in [1.29, 1.82) is 0 Å². The van der Waals surface area contributed by atoms with Crippen LogP contribution >= 0.6 is 0 Å². The zero-order chi connectivity index (χ0) is 26.8. The monoisotopic (exact) mass is 487 g/mol. The van der Waals surface area contributed by atoms with E-state index in [1.807, 2.05) is 25.1 Å². The van der Waals surface area contributed by atoms with Crippen molar-refractivity contribution in [1.82, 2.24) is 19.9 Å². The number of nitrogens with zero attached hydrogens (tertiary/aromatic N) is 3. The van der Waals surface area contributed by atoms with Gasteiger partial charge < -0.3 is 20.7 Å². The number of rotatable bonds is 6. The van der Waals surface area contributed by atoms with Crippen LogP contribution in [-0.4, -0.2) is 32.6 Å². The molecule has 0 spiro atoms. The van der Waals surface area contributed by atoms with Crippen LogP contribution in [0.3, 0.4) is 0 Å². The number of phenolic OH excluding ortho intramolecular Hbond substituents is 1. The van der Waals surface area contributed by atoms with Crippen molar-refractivity contribution < 1.29 is 9.90 Å². The van der Waals surface area contributed by atoms with Crippen LogP contribution in [0.15, 0.2) is 62.2 Å². The van der Waals surface area contributed by atoms with Crippen LogP contribution in [0, 0.1) is 13.8 Å². The number of phenols is 1. The van der Waals surface area contributed by atoms with Gasteiger partial charge in [-0.25, -0.2) is 9.97 Å². The van der Waals surface area contributed by atoms with E-state index in [-0.39, 0.29) is 5.91 Å². The third-order valence-corrected chi connectivity index (χ3v) is 5.72. The van der Waals surface area contributed by atoms with E-state index < -0.39 is 0 Å². The predicted molar refractivity (Wildman–Crippen MR) is 150 cm³/mol. The molecule has 0 aliphatic rings. The summed E-state index contributed by atoms with van der Waals surface area (Å²) < 4.78 is 2.27. The smallest absolute Gasteiger partial charge is 0.243 e. The highest BCUT2D eigenvalue weighted by atomic mass is 16.3. The summed E-state index contributed by atoms with van der Waals surface area (Å²) >= 11 is 0. The molecule has 0 saturated heterocycles. The molecule has 4 N–H and O–H groups in total. The Balaban J connectivity index is 0.000000502. The number of unbranched alkanes of at least 4 members (excludes halogenated alkanes) is 1. The fourth-order valence-corrected chi connectivity index (χ4v) is 3.87. The molecule has 4 aromatic rings. The van der Waals surface area contributed by atoms with Gasteiger partial charge in [-0.05, 0) is 55.7 Å². The van der Waals surface area contributed by atoms with Crippen LogP contribution in [0.5, 0.6) is 5.75 Å². The van der Waals surface area contributed by atoms with Gasteiger partial charge in [0.25, 0.3) is 0 Å². The summed E-state index contributed by atoms with van der Waals surface area (Å²) in [6.07, 6.45) is 4.30. The Kier molecular flexibility index (Phi) is 10.2. The number of nitrogens with one attached hydrogen (secondary N) is 1. The van der Waals surface area contributed by atoms with Crippen LogP contribution in [0.4, 0.5) is 5.82 Å². The number of nitrogen functional groups attached to an aromatic ring is 1. The number of hydrogen-bond donors (Lipinski definition) is 3. The molecule has 1 amide bonds. The molecule has 0 aliphatic heterocycles. The van der Waals surface area contributed by atoms with Gasteiger partial charge in [0.05, 0.1) is 11.0 Å². The lowest BCUT2D eigenvalue weighted by atomic mass is 10.1. The van der Waals surface area contributed by atoms with Crippen molar-refractivity contribution in [2.75, 3.05) is 12.8 Å². The molecular formula is C29H37N5O2. The summed E-state index contributed by atoms with van der Waals surface area (Å²) in [4.78, 5) is 19.4. The molecule has 190 valence electrons. The standard InChI is InChI=1S/C23H26N4O.C4H7NO.C2H4/c1-4-5-6-20-26-21-22(17-11-14(2)7-9-18(17)25-23(21)24)27(20)13-16-8-10-19(28)15(3)12-16;1-3-4(6)5-2;1-2/h7-12,28H,4-6,13H2,1-3H3,(H2,24,25);3H,1H2,2H3,(H,5,6);1-2H2. The molecule has 0 bridgehead atoms. The van der Waals surface area contributed by atoms with Crippen molar-refractivity contribution >= 4 is 33.7 Å². The lowest BCUT2D eigenvalue weighted by molar-refractivity contribution is -0.116. The number of hydrogen-bond acceptors (Lipinski definition) is 5. The zero-order valence-electron chi connectivity index (χ0n) is 21.8. The van der Waals surface area contributed by atoms with E-state index in [2.05, 4.69) is 60.6 Å². The van der Waals surface area contributed by atoms with Gasteiger partial charge in [0.2, 0.25) is 5.91 Å². The number of benzene rings is 2. The summed E-state index contributed by atoms with van der Waals surface area (Å²) in [5.41, 5.74) is 12.2. The number of aryl methyl sites for hydroxylation is 3. The van der Waals surface area contributed by atoms with Crippen molar-refractivity contribution in [2.24, 2.45) is 0 Å². The molecule has 0 radical (unpaired) electrons. The number of carbonyl (C=O) groups is 1. The average Bonchev–Trinajstić information content (AvgIpc) is 3.25. The van der Waals surface area contributed by atoms with Crippen LogP contribution in [0.2, 0.25) is 0 Å². The zero-order valence-corrected chi connectivity index (χ0v) is 21.8. The first kappa shape index (κ1) is 28.1. The van der Waals surface area contributed by atoms with Crippen molar-refractivity contribution in [3.63, 3.8) is 0 Å². The second kappa shape index (κ2) is 13.1. The number of nitrogens with two attached hydrogens (primary N) is 1. The number of likely N-dealkylation sites (N-methyl/N-ethyl adjacent to an activating group) is 1. The lowest BCUT2D eigenvalue weighted by Crippen LogP contribution is -2.13. The highest BCUT2D eigenvalue weighted by Crippen LogP contribution is 2.31. The molecule has 36 heavy (non-hydrogen) atoms. The second-order valence-corrected chi connectivity index (χ2v) is 8.37. The minimum Gasteiger partial charge on any atom is -0.508 e. The van der Waals surface area contributed by atoms with Crippen LogP contribution in [0.1, 0.15) is 42.3 Å². The summed E-state index contributed by atoms with van der Waals surface area (Å²) in [5, 5.41) is 13.3. The third-order valence-electron chi connectivity index (χ3n) is 5.72. The van der Waals surface area contributed by atoms with E-state index in [0.717, 1.165) is 58.2 Å². The van der Waals surface area contributed by atoms with Gasteiger partial charge in [-0.3, -0.25) is 4.79 Å². The number of anilines is 1. The highest BCUT2D eigenvalue weighted by Gasteiger charge is 2.18. The summed E-state index contributed by atoms with van der Waals surface area (Å²) in [6.45, 7) is 16.1. The number of amides is 1. The van der Waals surface area contributed by atoms with E-state index >= 15 is 0 Å². The van der Waals surface area contributed by atoms with Gasteiger partial charge in [-0.15, -0.1) is 13.2 Å². The molecule has 0 aliphatic carbocycles. The Labute approximate surface area is 213 Å². The molecule has 0 fully saturated rings. The van der Waals surface area contributed by atoms with E-state index in [0.29, 0.717) is 18.1 Å². The van der Waals surface area contributed by atoms with Crippen molar-refractivity contribution in [2.45, 2.75) is 46.6 Å². The largest absolute Gasteiger partial charge is 0.508 e. The number of aromatic nitrogens is 3. The summed E-state index contributed by atoms with van der Waals surface area (Å²) in [5.74, 6) is 1.68. The average molecular weight is 488 g/mol. The first-order valence-corrected chi connectivity index (χ1v) is 12.0. The molecule has 2 aromatic carbocycles. The van der Waals surface area contributed by atoms with E-state index in [9.17, 15) is 9.90 Å². The van der Waals surface area contributed by atoms with Gasteiger partial charge in [-0.1, -0.05) is 43.7 Å². The molecule has 0 atom stereocenters. The van der Waals surface area contributed by atoms with Gasteiger partial charge in [0.15, 0.2) is 5.82 Å². The Morgan fingerprint density at radius 3 is 2.47 bits per heavy atom. The topological polar surface area (TPSA) is 106 Å². The van der Waals surface area contributed by atoms with E-state index in [1.54, 1.807) is 13.1 Å². The van der Waals surface area contributed by atoms with Crippen molar-refractivity contribution in [3.05, 3.63) is 84.7 Å². The normalized spacial score (nSPS) is 10.2. The quantitative estimate of drug-likeness (QED) is 0.242. The number of aromatic hydroxyl groups is 1. The lowest BCUT2D eigenvalue weighted by Gasteiger charge is -2.12. The maximum atomic E-state index is 9.95. The number of imidazole rings is 1. The first-order chi connectivity index (χ1) is 17.3. The Morgan fingerprint density at radius 1 is 1.17 bits per heavy atom. The van der Waals surface area contributed by atoms with Crippen LogP contribution in [0.25, 0.3) is 21.9 Å². The Bertz CT molecular complexity index is 1360. The number of pyridine rings is 1. The van der Waals surface area contributed by atoms with Gasteiger partial charge in [-0.2, -0.15) is 0 Å². The molecule has 2 aromatic heterocycles. The SMILES string of the molecule is C=C.C=CC(=O)NC.CCCCc1nc2c(N)nc3ccc(C)cc3c2n1Cc1ccc(O)c(C)c1. The molecule has 4 rings (SSSR count). The maximum absolute atomic E-state index is 9.95. The predicted octanol–water partition coefficient (Wildman–Crippen LogP) is 5.60. The van der Waals surface area contributed by atoms with Gasteiger partial charge in [0.1, 0.15) is 17.1 Å². The highest BCUT2D eigenvalue weighted by molar-refractivity contribution is 6.06. The van der Waals surface area contributed by atoms with Crippen LogP contribution < -0.4 is 11.1 Å². The van der Waals surface area contributed by atoms with E-state index in [4.69, 9.17) is 10.7 Å². The van der Waals surface area contributed by atoms with Gasteiger partial charge in [0, 0.05) is 25.4 Å². The molecule has 2 heterocycles. The van der Waals surface area contributed by atoms with Crippen LogP contribution in [-0.2, 0) is 17.8 Å². The second-order valence-electron chi connectivity index (χ2n) is 8.37. The van der Waals surface area contributed by atoms with Gasteiger partial charge >= 0.3 is 0 Å². The molecule has 0 unspecified atom stereocenters.